The van der Waals surface area contributed by atoms with Gasteiger partial charge in [-0.2, -0.15) is 0 Å². The summed E-state index contributed by atoms with van der Waals surface area (Å²) < 4.78 is 10.0. The van der Waals surface area contributed by atoms with Crippen LogP contribution in [-0.2, 0) is 39.9 Å². The van der Waals surface area contributed by atoms with Crippen LogP contribution in [0, 0.1) is 28.6 Å². The molecule has 0 radical (unpaired) electrons. The minimum absolute atomic E-state index is 0.00502. The number of allylic oxidation sites excluding steroid dienone is 1. The number of Topliss-reactive ketones (excluding diaryl/α,β-unsaturated/α-hetero) is 1. The fourth-order valence-corrected chi connectivity index (χ4v) is 9.17. The highest BCUT2D eigenvalue weighted by molar-refractivity contribution is 5.92. The topological polar surface area (TPSA) is 177 Å². The average Bonchev–Trinajstić information content (AvgIpc) is 3.29. The first-order valence-electron chi connectivity index (χ1n) is 16.2. The Bertz CT molecular complexity index is 1420. The van der Waals surface area contributed by atoms with Crippen LogP contribution in [0.3, 0.4) is 0 Å². The lowest BCUT2D eigenvalue weighted by atomic mass is 9.45. The molecule has 250 valence electrons. The predicted octanol–water partition coefficient (Wildman–Crippen LogP) is 2.72. The minimum atomic E-state index is -1.78. The van der Waals surface area contributed by atoms with Crippen molar-refractivity contribution in [1.29, 1.82) is 0 Å². The van der Waals surface area contributed by atoms with Gasteiger partial charge < -0.3 is 30.1 Å². The van der Waals surface area contributed by atoms with E-state index in [9.17, 15) is 39.3 Å². The zero-order chi connectivity index (χ0) is 33.4. The summed E-state index contributed by atoms with van der Waals surface area (Å²) in [6.07, 6.45) is 4.23. The summed E-state index contributed by atoms with van der Waals surface area (Å²) in [7, 11) is 1.20. The van der Waals surface area contributed by atoms with Gasteiger partial charge in [0.2, 0.25) is 11.7 Å². The van der Waals surface area contributed by atoms with Crippen molar-refractivity contribution in [3.63, 3.8) is 0 Å². The van der Waals surface area contributed by atoms with Crippen LogP contribution in [0.25, 0.3) is 0 Å². The van der Waals surface area contributed by atoms with Gasteiger partial charge in [-0.25, -0.2) is 4.79 Å². The van der Waals surface area contributed by atoms with Gasteiger partial charge in [0.05, 0.1) is 19.6 Å². The van der Waals surface area contributed by atoms with E-state index in [-0.39, 0.29) is 66.8 Å². The zero-order valence-corrected chi connectivity index (χ0v) is 26.8. The number of hydrogen-bond acceptors (Lipinski definition) is 10. The molecule has 3 saturated carbocycles. The van der Waals surface area contributed by atoms with Crippen molar-refractivity contribution < 1.29 is 48.8 Å². The van der Waals surface area contributed by atoms with Gasteiger partial charge in [-0.15, -0.1) is 0 Å². The number of hydrogen-bond donors (Lipinski definition) is 4. The molecule has 0 spiro atoms. The molecular formula is C35H45NO10. The Kier molecular flexibility index (Phi) is 9.48. The van der Waals surface area contributed by atoms with E-state index >= 15 is 0 Å². The van der Waals surface area contributed by atoms with Crippen molar-refractivity contribution in [1.82, 2.24) is 5.32 Å². The molecule has 4 N–H and O–H groups in total. The second-order valence-electron chi connectivity index (χ2n) is 14.1. The largest absolute Gasteiger partial charge is 0.508 e. The van der Waals surface area contributed by atoms with Crippen LogP contribution in [-0.4, -0.2) is 76.2 Å². The highest BCUT2D eigenvalue weighted by atomic mass is 16.5. The molecule has 4 aliphatic rings. The van der Waals surface area contributed by atoms with Crippen LogP contribution in [0.4, 0.5) is 0 Å². The second-order valence-corrected chi connectivity index (χ2v) is 14.1. The summed E-state index contributed by atoms with van der Waals surface area (Å²) >= 11 is 0. The molecule has 11 heteroatoms. The number of aliphatic hydroxyl groups excluding tert-OH is 1. The number of phenols is 1. The maximum absolute atomic E-state index is 13.5. The summed E-state index contributed by atoms with van der Waals surface area (Å²) in [5.41, 5.74) is -1.18. The van der Waals surface area contributed by atoms with Crippen LogP contribution in [0.15, 0.2) is 35.9 Å². The number of amides is 1. The van der Waals surface area contributed by atoms with Crippen molar-refractivity contribution in [2.75, 3.05) is 13.7 Å². The van der Waals surface area contributed by atoms with Crippen LogP contribution in [0.1, 0.15) is 77.2 Å². The van der Waals surface area contributed by atoms with E-state index in [1.807, 2.05) is 6.92 Å². The fourth-order valence-electron chi connectivity index (χ4n) is 9.17. The van der Waals surface area contributed by atoms with Crippen LogP contribution in [0.5, 0.6) is 5.75 Å². The standard InChI is InChI=1S/C35H45NO10/c1-33-14-12-23(38)17-21(33)6-9-24-25-13-15-35(44,34(25,2)18-27(39)31(24)33)28(40)19-46-30(42)11-10-29(41)36-26(32(43)45-3)16-20-4-7-22(37)8-5-20/h4-5,7-8,17,24-27,31,37,39,44H,6,9-16,18-19H2,1-3H3,(H,36,41)/t24-,25-,26-,27-,31+,33-,34-,35-/m0/s1. The molecule has 1 aromatic rings. The number of esters is 2. The third-order valence-corrected chi connectivity index (χ3v) is 11.6. The van der Waals surface area contributed by atoms with Gasteiger partial charge in [0, 0.05) is 24.7 Å². The Morgan fingerprint density at radius 3 is 2.46 bits per heavy atom. The maximum atomic E-state index is 13.5. The van der Waals surface area contributed by atoms with Gasteiger partial charge in [-0.05, 0) is 85.5 Å². The summed E-state index contributed by atoms with van der Waals surface area (Å²) in [5.74, 6) is -2.45. The molecular weight excluding hydrogens is 594 g/mol. The van der Waals surface area contributed by atoms with Gasteiger partial charge in [0.25, 0.3) is 0 Å². The first-order chi connectivity index (χ1) is 21.7. The van der Waals surface area contributed by atoms with Crippen LogP contribution >= 0.6 is 0 Å². The van der Waals surface area contributed by atoms with E-state index in [1.165, 1.54) is 19.2 Å². The highest BCUT2D eigenvalue weighted by Crippen LogP contribution is 2.67. The van der Waals surface area contributed by atoms with Crippen molar-refractivity contribution in [3.05, 3.63) is 41.5 Å². The Balaban J connectivity index is 1.16. The molecule has 0 aliphatic heterocycles. The lowest BCUT2D eigenvalue weighted by Gasteiger charge is -2.60. The molecule has 0 saturated heterocycles. The Morgan fingerprint density at radius 1 is 1.04 bits per heavy atom. The van der Waals surface area contributed by atoms with Gasteiger partial charge >= 0.3 is 11.9 Å². The SMILES string of the molecule is COC(=O)[C@H](Cc1ccc(O)cc1)NC(=O)CCC(=O)OCC(=O)[C@@]1(O)CC[C@H]2[C@@H]3CCC4=CC(=O)CC[C@]4(C)[C@H]3[C@@H](O)C[C@@]21C. The van der Waals surface area contributed by atoms with E-state index in [4.69, 9.17) is 9.47 Å². The van der Waals surface area contributed by atoms with Crippen molar-refractivity contribution in [2.45, 2.75) is 95.8 Å². The van der Waals surface area contributed by atoms with Gasteiger partial charge in [0.15, 0.2) is 12.4 Å². The molecule has 46 heavy (non-hydrogen) atoms. The third-order valence-electron chi connectivity index (χ3n) is 11.6. The number of fused-ring (bicyclic) bond motifs is 5. The first kappa shape index (κ1) is 33.8. The third kappa shape index (κ3) is 6.11. The monoisotopic (exact) mass is 639 g/mol. The van der Waals surface area contributed by atoms with Crippen molar-refractivity contribution in [2.24, 2.45) is 28.6 Å². The van der Waals surface area contributed by atoms with Crippen LogP contribution < -0.4 is 5.32 Å². The van der Waals surface area contributed by atoms with E-state index in [0.29, 0.717) is 24.8 Å². The number of nitrogens with one attached hydrogen (secondary N) is 1. The molecule has 0 aromatic heterocycles. The van der Waals surface area contributed by atoms with Gasteiger partial charge in [0.1, 0.15) is 17.4 Å². The molecule has 4 aliphatic carbocycles. The molecule has 0 unspecified atom stereocenters. The highest BCUT2D eigenvalue weighted by Gasteiger charge is 2.68. The summed E-state index contributed by atoms with van der Waals surface area (Å²) in [6, 6.07) is 5.14. The molecule has 0 heterocycles. The number of carbonyl (C=O) groups excluding carboxylic acids is 5. The number of phenolic OH excluding ortho intramolecular Hbond substituents is 1. The van der Waals surface area contributed by atoms with Gasteiger partial charge in [-0.3, -0.25) is 19.2 Å². The molecule has 8 atom stereocenters. The van der Waals surface area contributed by atoms with Gasteiger partial charge in [-0.1, -0.05) is 31.6 Å². The number of ketones is 2. The normalized spacial score (nSPS) is 33.8. The molecule has 11 nitrogen and oxygen atoms in total. The summed E-state index contributed by atoms with van der Waals surface area (Å²) in [6.45, 7) is 3.36. The minimum Gasteiger partial charge on any atom is -0.508 e. The van der Waals surface area contributed by atoms with E-state index in [1.54, 1.807) is 18.2 Å². The Hall–Kier alpha value is -3.57. The number of benzene rings is 1. The number of methoxy groups -OCH3 is 1. The molecule has 1 aromatic carbocycles. The average molecular weight is 640 g/mol. The maximum Gasteiger partial charge on any atom is 0.328 e. The number of carbonyl (C=O) groups is 5. The number of rotatable bonds is 10. The van der Waals surface area contributed by atoms with E-state index in [0.717, 1.165) is 18.4 Å². The molecule has 0 bridgehead atoms. The lowest BCUT2D eigenvalue weighted by molar-refractivity contribution is -0.184. The van der Waals surface area contributed by atoms with E-state index in [2.05, 4.69) is 12.2 Å². The molecule has 5 rings (SSSR count). The van der Waals surface area contributed by atoms with Crippen molar-refractivity contribution >= 4 is 29.4 Å². The quantitative estimate of drug-likeness (QED) is 0.279. The first-order valence-corrected chi connectivity index (χ1v) is 16.2. The summed E-state index contributed by atoms with van der Waals surface area (Å²) in [4.78, 5) is 63.0. The zero-order valence-electron chi connectivity index (χ0n) is 26.8. The number of aliphatic hydroxyl groups is 2. The summed E-state index contributed by atoms with van der Waals surface area (Å²) in [5, 5.41) is 35.4. The molecule has 3 fully saturated rings. The number of aromatic hydroxyl groups is 1. The lowest BCUT2D eigenvalue weighted by Crippen LogP contribution is -2.62. The Morgan fingerprint density at radius 2 is 1.76 bits per heavy atom. The van der Waals surface area contributed by atoms with Crippen molar-refractivity contribution in [3.8, 4) is 5.75 Å². The van der Waals surface area contributed by atoms with E-state index < -0.39 is 53.4 Å². The number of ether oxygens (including phenoxy) is 2. The van der Waals surface area contributed by atoms with Crippen LogP contribution in [0.2, 0.25) is 0 Å². The second kappa shape index (κ2) is 12.9. The Labute approximate surface area is 268 Å². The molecule has 1 amide bonds. The predicted molar refractivity (Wildman–Crippen MR) is 164 cm³/mol. The smallest absolute Gasteiger partial charge is 0.328 e. The fraction of sp³-hybridized carbons (Fsp3) is 0.629.